The first-order valence-electron chi connectivity index (χ1n) is 17.3. The molecular formula is C48H34N2S. The predicted molar refractivity (Wildman–Crippen MR) is 220 cm³/mol. The average molecular weight is 671 g/mol. The van der Waals surface area contributed by atoms with Gasteiger partial charge in [-0.25, -0.2) is 0 Å². The topological polar surface area (TPSA) is 6.48 Å². The Bertz CT molecular complexity index is 2540. The van der Waals surface area contributed by atoms with Crippen LogP contribution in [0.25, 0.3) is 42.4 Å². The molecule has 0 radical (unpaired) electrons. The quantitative estimate of drug-likeness (QED) is 0.159. The van der Waals surface area contributed by atoms with Gasteiger partial charge in [0.25, 0.3) is 0 Å². The summed E-state index contributed by atoms with van der Waals surface area (Å²) in [5.41, 5.74) is 11.6. The van der Waals surface area contributed by atoms with E-state index in [2.05, 4.69) is 216 Å². The van der Waals surface area contributed by atoms with Crippen molar-refractivity contribution in [2.45, 2.75) is 0 Å². The summed E-state index contributed by atoms with van der Waals surface area (Å²) in [5, 5.41) is 2.53. The van der Waals surface area contributed by atoms with Crippen LogP contribution in [0.3, 0.4) is 0 Å². The molecule has 0 fully saturated rings. The minimum absolute atomic E-state index is 1.12. The zero-order valence-electron chi connectivity index (χ0n) is 27.9. The standard InChI is InChI=1S/C48H34N2S/c1-5-13-35(14-6-1)37-21-25-41(26-22-37)49(39-17-9-3-10-18-39)43-30-32-47-46(33-43)45-31-29-44(34-48(45)51-47)50(40-19-11-4-12-20-40)42-27-23-38(24-28-42)36-15-7-2-8-16-36/h1-34H. The van der Waals surface area contributed by atoms with E-state index < -0.39 is 0 Å². The SMILES string of the molecule is c1ccc(-c2ccc(N(c3ccccc3)c3ccc4c(c3)sc3ccc(N(c5ccccc5)c5ccc(-c6ccccc6)cc5)cc34)cc2)cc1. The molecule has 1 heterocycles. The molecule has 8 aromatic carbocycles. The number of hydrogen-bond donors (Lipinski definition) is 0. The minimum atomic E-state index is 1.12. The van der Waals surface area contributed by atoms with Crippen molar-refractivity contribution in [1.82, 2.24) is 0 Å². The second-order valence-electron chi connectivity index (χ2n) is 12.6. The molecule has 0 N–H and O–H groups in total. The van der Waals surface area contributed by atoms with E-state index in [-0.39, 0.29) is 0 Å². The van der Waals surface area contributed by atoms with Crippen LogP contribution in [-0.2, 0) is 0 Å². The molecule has 0 unspecified atom stereocenters. The second kappa shape index (κ2) is 13.5. The van der Waals surface area contributed by atoms with E-state index in [0.29, 0.717) is 0 Å². The number of fused-ring (bicyclic) bond motifs is 3. The number of nitrogens with zero attached hydrogens (tertiary/aromatic N) is 2. The van der Waals surface area contributed by atoms with E-state index >= 15 is 0 Å². The van der Waals surface area contributed by atoms with Crippen LogP contribution in [0.4, 0.5) is 34.1 Å². The fourth-order valence-corrected chi connectivity index (χ4v) is 8.07. The van der Waals surface area contributed by atoms with Crippen LogP contribution in [0.1, 0.15) is 0 Å². The van der Waals surface area contributed by atoms with Crippen molar-refractivity contribution in [2.75, 3.05) is 9.80 Å². The van der Waals surface area contributed by atoms with Crippen molar-refractivity contribution in [3.8, 4) is 22.3 Å². The lowest BCUT2D eigenvalue weighted by Crippen LogP contribution is -2.09. The van der Waals surface area contributed by atoms with Crippen LogP contribution in [0.15, 0.2) is 206 Å². The fourth-order valence-electron chi connectivity index (χ4n) is 6.95. The number of para-hydroxylation sites is 2. The molecule has 2 nitrogen and oxygen atoms in total. The van der Waals surface area contributed by atoms with Crippen molar-refractivity contribution in [3.63, 3.8) is 0 Å². The molecule has 3 heteroatoms. The maximum Gasteiger partial charge on any atom is 0.0476 e. The smallest absolute Gasteiger partial charge is 0.0476 e. The molecule has 0 spiro atoms. The number of thiophene rings is 1. The van der Waals surface area contributed by atoms with Crippen LogP contribution < -0.4 is 9.80 Å². The second-order valence-corrected chi connectivity index (χ2v) is 13.7. The monoisotopic (exact) mass is 670 g/mol. The summed E-state index contributed by atoms with van der Waals surface area (Å²) in [6.45, 7) is 0. The zero-order valence-corrected chi connectivity index (χ0v) is 28.7. The number of anilines is 6. The molecule has 0 aliphatic carbocycles. The van der Waals surface area contributed by atoms with Crippen molar-refractivity contribution in [1.29, 1.82) is 0 Å². The molecule has 0 aliphatic rings. The highest BCUT2D eigenvalue weighted by atomic mass is 32.1. The Kier molecular flexibility index (Phi) is 8.09. The lowest BCUT2D eigenvalue weighted by Gasteiger charge is -2.26. The van der Waals surface area contributed by atoms with E-state index in [0.717, 1.165) is 34.1 Å². The third-order valence-electron chi connectivity index (χ3n) is 9.45. The number of hydrogen-bond acceptors (Lipinski definition) is 3. The van der Waals surface area contributed by atoms with E-state index in [1.165, 1.54) is 42.4 Å². The molecule has 0 saturated carbocycles. The fraction of sp³-hybridized carbons (Fsp3) is 0. The largest absolute Gasteiger partial charge is 0.310 e. The summed E-state index contributed by atoms with van der Waals surface area (Å²) in [4.78, 5) is 4.70. The molecule has 0 atom stereocenters. The number of benzene rings is 8. The van der Waals surface area contributed by atoms with E-state index in [1.807, 2.05) is 11.3 Å². The highest BCUT2D eigenvalue weighted by molar-refractivity contribution is 7.25. The Morgan fingerprint density at radius 2 is 0.627 bits per heavy atom. The van der Waals surface area contributed by atoms with Crippen molar-refractivity contribution in [2.24, 2.45) is 0 Å². The molecule has 242 valence electrons. The van der Waals surface area contributed by atoms with Gasteiger partial charge in [-0.3, -0.25) is 0 Å². The Morgan fingerprint density at radius 1 is 0.255 bits per heavy atom. The molecule has 1 aromatic heterocycles. The van der Waals surface area contributed by atoms with Crippen LogP contribution in [-0.4, -0.2) is 0 Å². The van der Waals surface area contributed by atoms with Crippen LogP contribution in [0.2, 0.25) is 0 Å². The Balaban J connectivity index is 1.11. The van der Waals surface area contributed by atoms with E-state index in [4.69, 9.17) is 0 Å². The van der Waals surface area contributed by atoms with Gasteiger partial charge < -0.3 is 9.80 Å². The molecule has 0 amide bonds. The summed E-state index contributed by atoms with van der Waals surface area (Å²) in [5.74, 6) is 0. The summed E-state index contributed by atoms with van der Waals surface area (Å²) < 4.78 is 2.54. The lowest BCUT2D eigenvalue weighted by molar-refractivity contribution is 1.29. The lowest BCUT2D eigenvalue weighted by atomic mass is 10.0. The Hall–Kier alpha value is -6.42. The average Bonchev–Trinajstić information content (AvgIpc) is 3.57. The number of rotatable bonds is 8. The van der Waals surface area contributed by atoms with E-state index in [9.17, 15) is 0 Å². The molecule has 51 heavy (non-hydrogen) atoms. The van der Waals surface area contributed by atoms with Crippen LogP contribution >= 0.6 is 11.3 Å². The van der Waals surface area contributed by atoms with Gasteiger partial charge in [-0.05, 0) is 101 Å². The van der Waals surface area contributed by atoms with Gasteiger partial charge in [0.1, 0.15) is 0 Å². The summed E-state index contributed by atoms with van der Waals surface area (Å²) >= 11 is 1.85. The molecule has 0 aliphatic heterocycles. The van der Waals surface area contributed by atoms with Crippen molar-refractivity contribution < 1.29 is 0 Å². The molecular weight excluding hydrogens is 637 g/mol. The Labute approximate surface area is 302 Å². The highest BCUT2D eigenvalue weighted by Gasteiger charge is 2.17. The van der Waals surface area contributed by atoms with Crippen LogP contribution in [0.5, 0.6) is 0 Å². The van der Waals surface area contributed by atoms with Gasteiger partial charge in [0, 0.05) is 54.3 Å². The third-order valence-corrected chi connectivity index (χ3v) is 10.6. The molecule has 0 bridgehead atoms. The Morgan fingerprint density at radius 3 is 1.12 bits per heavy atom. The van der Waals surface area contributed by atoms with Gasteiger partial charge in [-0.2, -0.15) is 0 Å². The third kappa shape index (κ3) is 6.05. The summed E-state index contributed by atoms with van der Waals surface area (Å²) in [6, 6.07) is 73.9. The highest BCUT2D eigenvalue weighted by Crippen LogP contribution is 2.43. The van der Waals surface area contributed by atoms with Gasteiger partial charge in [0.2, 0.25) is 0 Å². The van der Waals surface area contributed by atoms with Crippen molar-refractivity contribution >= 4 is 65.6 Å². The first-order valence-corrected chi connectivity index (χ1v) is 18.1. The summed E-state index contributed by atoms with van der Waals surface area (Å²) in [7, 11) is 0. The normalized spacial score (nSPS) is 11.1. The van der Waals surface area contributed by atoms with Gasteiger partial charge in [-0.15, -0.1) is 11.3 Å². The molecule has 9 rings (SSSR count). The van der Waals surface area contributed by atoms with Gasteiger partial charge in [0.15, 0.2) is 0 Å². The zero-order chi connectivity index (χ0) is 34.0. The first kappa shape index (κ1) is 30.6. The van der Waals surface area contributed by atoms with Gasteiger partial charge >= 0.3 is 0 Å². The maximum absolute atomic E-state index is 2.35. The minimum Gasteiger partial charge on any atom is -0.310 e. The maximum atomic E-state index is 2.35. The molecule has 9 aromatic rings. The van der Waals surface area contributed by atoms with E-state index in [1.54, 1.807) is 0 Å². The molecule has 0 saturated heterocycles. The first-order chi connectivity index (χ1) is 25.3. The van der Waals surface area contributed by atoms with Crippen LogP contribution in [0, 0.1) is 0 Å². The van der Waals surface area contributed by atoms with Gasteiger partial charge in [-0.1, -0.05) is 127 Å². The van der Waals surface area contributed by atoms with Crippen molar-refractivity contribution in [3.05, 3.63) is 206 Å². The predicted octanol–water partition coefficient (Wildman–Crippen LogP) is 14.3. The summed E-state index contributed by atoms with van der Waals surface area (Å²) in [6.07, 6.45) is 0. The van der Waals surface area contributed by atoms with Gasteiger partial charge in [0.05, 0.1) is 0 Å².